The largest absolute Gasteiger partial charge is 0.481 e. The lowest BCUT2D eigenvalue weighted by Crippen LogP contribution is -2.43. The van der Waals surface area contributed by atoms with Crippen LogP contribution in [0, 0.1) is 5.92 Å². The molecule has 224 valence electrons. The van der Waals surface area contributed by atoms with Gasteiger partial charge in [0.25, 0.3) is 0 Å². The molecule has 6 nitrogen and oxygen atoms in total. The molecule has 0 aliphatic rings. The van der Waals surface area contributed by atoms with E-state index in [9.17, 15) is 14.4 Å². The second-order valence-corrected chi connectivity index (χ2v) is 11.5. The van der Waals surface area contributed by atoms with Crippen LogP contribution in [-0.2, 0) is 19.1 Å². The number of nitrogens with one attached hydrogen (secondary N) is 1. The summed E-state index contributed by atoms with van der Waals surface area (Å²) in [7, 11) is 0. The minimum atomic E-state index is -1.12. The number of ether oxygens (including phenoxy) is 1. The zero-order valence-electron chi connectivity index (χ0n) is 25.2. The Morgan fingerprint density at radius 1 is 0.658 bits per heavy atom. The Kier molecular flexibility index (Phi) is 25.9. The van der Waals surface area contributed by atoms with Crippen molar-refractivity contribution in [2.45, 2.75) is 174 Å². The number of carbonyl (C=O) groups is 3. The molecule has 0 aromatic carbocycles. The number of carbonyl (C=O) groups excluding carboxylic acids is 2. The fraction of sp³-hybridized carbons (Fsp3) is 0.906. The minimum Gasteiger partial charge on any atom is -0.481 e. The molecule has 0 spiro atoms. The lowest BCUT2D eigenvalue weighted by Gasteiger charge is -2.16. The van der Waals surface area contributed by atoms with E-state index in [4.69, 9.17) is 9.84 Å². The number of amides is 1. The molecule has 38 heavy (non-hydrogen) atoms. The van der Waals surface area contributed by atoms with Gasteiger partial charge in [-0.05, 0) is 18.8 Å². The highest BCUT2D eigenvalue weighted by molar-refractivity contribution is 5.87. The summed E-state index contributed by atoms with van der Waals surface area (Å²) in [5.41, 5.74) is 0. The molecule has 1 atom stereocenters. The van der Waals surface area contributed by atoms with Gasteiger partial charge in [-0.2, -0.15) is 0 Å². The van der Waals surface area contributed by atoms with E-state index in [-0.39, 0.29) is 12.5 Å². The molecule has 0 heterocycles. The highest BCUT2D eigenvalue weighted by Gasteiger charge is 2.24. The molecular weight excluding hydrogens is 478 g/mol. The van der Waals surface area contributed by atoms with Gasteiger partial charge < -0.3 is 15.2 Å². The molecule has 0 saturated carbocycles. The van der Waals surface area contributed by atoms with Gasteiger partial charge in [0, 0.05) is 6.42 Å². The Hall–Kier alpha value is -1.59. The lowest BCUT2D eigenvalue weighted by atomic mass is 10.0. The van der Waals surface area contributed by atoms with E-state index in [2.05, 4.69) is 26.1 Å². The third-order valence-corrected chi connectivity index (χ3v) is 7.18. The first kappa shape index (κ1) is 36.4. The van der Waals surface area contributed by atoms with E-state index in [0.717, 1.165) is 44.4 Å². The van der Waals surface area contributed by atoms with E-state index in [1.54, 1.807) is 0 Å². The molecule has 0 saturated heterocycles. The van der Waals surface area contributed by atoms with Gasteiger partial charge in [0.1, 0.15) is 6.04 Å². The van der Waals surface area contributed by atoms with Crippen molar-refractivity contribution in [3.8, 4) is 0 Å². The van der Waals surface area contributed by atoms with E-state index >= 15 is 0 Å². The average molecular weight is 540 g/mol. The quantitative estimate of drug-likeness (QED) is 0.0766. The van der Waals surface area contributed by atoms with Crippen molar-refractivity contribution in [1.82, 2.24) is 5.32 Å². The van der Waals surface area contributed by atoms with Crippen molar-refractivity contribution in [2.24, 2.45) is 5.92 Å². The molecule has 0 fully saturated rings. The Bertz CT molecular complexity index is 578. The second kappa shape index (κ2) is 27.0. The summed E-state index contributed by atoms with van der Waals surface area (Å²) in [4.78, 5) is 35.8. The normalized spacial score (nSPS) is 12.0. The standard InChI is InChI=1S/C32H61NO5/c1-4-5-6-7-8-9-10-13-16-19-22-25-30(34)33-29(27-31(35)36)32(37)38-26-23-20-17-14-11-12-15-18-21-24-28(2)3/h28-29H,4-27H2,1-3H3,(H,33,34)(H,35,36)/t29-/m0/s1. The predicted octanol–water partition coefficient (Wildman–Crippen LogP) is 8.75. The number of carboxylic acids is 1. The first-order valence-electron chi connectivity index (χ1n) is 16.0. The first-order valence-corrected chi connectivity index (χ1v) is 16.0. The third-order valence-electron chi connectivity index (χ3n) is 7.18. The highest BCUT2D eigenvalue weighted by Crippen LogP contribution is 2.14. The SMILES string of the molecule is CCCCCCCCCCCCCC(=O)N[C@@H](CC(=O)O)C(=O)OCCCCCCCCCCCC(C)C. The Morgan fingerprint density at radius 2 is 1.11 bits per heavy atom. The molecule has 0 unspecified atom stereocenters. The molecule has 0 bridgehead atoms. The van der Waals surface area contributed by atoms with Crippen molar-refractivity contribution in [3.05, 3.63) is 0 Å². The second-order valence-electron chi connectivity index (χ2n) is 11.5. The topological polar surface area (TPSA) is 92.7 Å². The van der Waals surface area contributed by atoms with Gasteiger partial charge in [0.2, 0.25) is 5.91 Å². The van der Waals surface area contributed by atoms with Crippen molar-refractivity contribution < 1.29 is 24.2 Å². The van der Waals surface area contributed by atoms with E-state index < -0.39 is 24.4 Å². The summed E-state index contributed by atoms with van der Waals surface area (Å²) in [5, 5.41) is 11.7. The highest BCUT2D eigenvalue weighted by atomic mass is 16.5. The van der Waals surface area contributed by atoms with Gasteiger partial charge in [-0.15, -0.1) is 0 Å². The molecule has 6 heteroatoms. The van der Waals surface area contributed by atoms with Crippen molar-refractivity contribution in [3.63, 3.8) is 0 Å². The molecule has 0 aliphatic carbocycles. The lowest BCUT2D eigenvalue weighted by molar-refractivity contribution is -0.151. The summed E-state index contributed by atoms with van der Waals surface area (Å²) in [6, 6.07) is -1.11. The van der Waals surface area contributed by atoms with Gasteiger partial charge >= 0.3 is 11.9 Å². The summed E-state index contributed by atoms with van der Waals surface area (Å²) >= 11 is 0. The van der Waals surface area contributed by atoms with Crippen LogP contribution < -0.4 is 5.32 Å². The van der Waals surface area contributed by atoms with E-state index in [1.807, 2.05) is 0 Å². The fourth-order valence-corrected chi connectivity index (χ4v) is 4.75. The maximum absolute atomic E-state index is 12.4. The number of esters is 1. The monoisotopic (exact) mass is 539 g/mol. The Balaban J connectivity index is 3.84. The molecule has 0 aromatic heterocycles. The van der Waals surface area contributed by atoms with Crippen LogP contribution in [0.1, 0.15) is 168 Å². The van der Waals surface area contributed by atoms with Crippen LogP contribution in [0.25, 0.3) is 0 Å². The van der Waals surface area contributed by atoms with Crippen LogP contribution in [0.15, 0.2) is 0 Å². The summed E-state index contributed by atoms with van der Waals surface area (Å²) < 4.78 is 5.29. The number of rotatable bonds is 28. The molecule has 0 aliphatic heterocycles. The molecule has 0 aromatic rings. The van der Waals surface area contributed by atoms with Crippen LogP contribution in [0.5, 0.6) is 0 Å². The van der Waals surface area contributed by atoms with Crippen LogP contribution in [0.4, 0.5) is 0 Å². The van der Waals surface area contributed by atoms with Crippen LogP contribution >= 0.6 is 0 Å². The zero-order chi connectivity index (χ0) is 28.3. The Morgan fingerprint density at radius 3 is 1.58 bits per heavy atom. The smallest absolute Gasteiger partial charge is 0.329 e. The first-order chi connectivity index (χ1) is 18.4. The third kappa shape index (κ3) is 26.0. The zero-order valence-corrected chi connectivity index (χ0v) is 25.2. The molecule has 2 N–H and O–H groups in total. The summed E-state index contributed by atoms with van der Waals surface area (Å²) in [6.45, 7) is 7.07. The number of carboxylic acid groups (broad SMARTS) is 1. The van der Waals surface area contributed by atoms with Crippen LogP contribution in [0.2, 0.25) is 0 Å². The average Bonchev–Trinajstić information content (AvgIpc) is 2.87. The maximum atomic E-state index is 12.4. The van der Waals surface area contributed by atoms with Crippen molar-refractivity contribution in [1.29, 1.82) is 0 Å². The fourth-order valence-electron chi connectivity index (χ4n) is 4.75. The van der Waals surface area contributed by atoms with Crippen molar-refractivity contribution >= 4 is 17.8 Å². The summed E-state index contributed by atoms with van der Waals surface area (Å²) in [5.74, 6) is -1.22. The Labute approximate surface area is 234 Å². The van der Waals surface area contributed by atoms with Gasteiger partial charge in [0.05, 0.1) is 13.0 Å². The van der Waals surface area contributed by atoms with Crippen molar-refractivity contribution in [2.75, 3.05) is 6.61 Å². The van der Waals surface area contributed by atoms with Gasteiger partial charge in [-0.25, -0.2) is 4.79 Å². The maximum Gasteiger partial charge on any atom is 0.329 e. The van der Waals surface area contributed by atoms with Crippen LogP contribution in [-0.4, -0.2) is 35.6 Å². The van der Waals surface area contributed by atoms with E-state index in [1.165, 1.54) is 96.3 Å². The van der Waals surface area contributed by atoms with Gasteiger partial charge in [-0.3, -0.25) is 9.59 Å². The molecule has 0 radical (unpaired) electrons. The number of unbranched alkanes of at least 4 members (excludes halogenated alkanes) is 18. The molecule has 0 rings (SSSR count). The van der Waals surface area contributed by atoms with E-state index in [0.29, 0.717) is 6.42 Å². The summed E-state index contributed by atoms with van der Waals surface area (Å²) in [6.07, 6.45) is 25.1. The van der Waals surface area contributed by atoms with Gasteiger partial charge in [-0.1, -0.05) is 143 Å². The van der Waals surface area contributed by atoms with Gasteiger partial charge in [0.15, 0.2) is 0 Å². The van der Waals surface area contributed by atoms with Crippen LogP contribution in [0.3, 0.4) is 0 Å². The number of hydrogen-bond acceptors (Lipinski definition) is 4. The minimum absolute atomic E-state index is 0.270. The molecule has 1 amide bonds. The molecular formula is C32H61NO5. The number of hydrogen-bond donors (Lipinski definition) is 2. The number of aliphatic carboxylic acids is 1. The predicted molar refractivity (Wildman–Crippen MR) is 157 cm³/mol.